The molecule has 8 heteroatoms. The zero-order valence-electron chi connectivity index (χ0n) is 12.3. The zero-order valence-corrected chi connectivity index (χ0v) is 12.3. The average molecular weight is 325 g/mol. The number of imide groups is 1. The molecule has 0 spiro atoms. The van der Waals surface area contributed by atoms with E-state index in [0.717, 1.165) is 4.90 Å². The summed E-state index contributed by atoms with van der Waals surface area (Å²) in [6.45, 7) is -0.239. The molecule has 120 valence electrons. The Kier molecular flexibility index (Phi) is 3.16. The highest BCUT2D eigenvalue weighted by Crippen LogP contribution is 2.34. The molecular formula is C16H11N3O5. The molecular weight excluding hydrogens is 314 g/mol. The van der Waals surface area contributed by atoms with Gasteiger partial charge in [-0.15, -0.1) is 0 Å². The lowest BCUT2D eigenvalue weighted by Gasteiger charge is -2.13. The Hall–Kier alpha value is -3.42. The van der Waals surface area contributed by atoms with Crippen molar-refractivity contribution in [2.45, 2.75) is 0 Å². The Morgan fingerprint density at radius 3 is 2.75 bits per heavy atom. The van der Waals surface area contributed by atoms with Crippen molar-refractivity contribution in [3.8, 4) is 11.5 Å². The number of aromatic nitrogens is 1. The lowest BCUT2D eigenvalue weighted by atomic mass is 10.2. The van der Waals surface area contributed by atoms with Gasteiger partial charge in [0.2, 0.25) is 12.7 Å². The molecule has 1 aromatic heterocycles. The van der Waals surface area contributed by atoms with Gasteiger partial charge >= 0.3 is 0 Å². The average Bonchev–Trinajstić information content (AvgIpc) is 3.14. The fraction of sp³-hybridized carbons (Fsp3) is 0.125. The number of rotatable bonds is 3. The first-order valence-electron chi connectivity index (χ1n) is 7.13. The van der Waals surface area contributed by atoms with Gasteiger partial charge < -0.3 is 14.8 Å². The molecule has 0 radical (unpaired) electrons. The number of carbonyl (C=O) groups is 3. The number of nitrogens with one attached hydrogen (secondary N) is 1. The normalized spacial score (nSPS) is 14.8. The molecule has 1 N–H and O–H groups in total. The van der Waals surface area contributed by atoms with E-state index in [1.165, 1.54) is 18.5 Å². The number of ether oxygens (including phenoxy) is 2. The van der Waals surface area contributed by atoms with Crippen molar-refractivity contribution >= 4 is 23.4 Å². The minimum atomic E-state index is -0.524. The Morgan fingerprint density at radius 2 is 1.92 bits per heavy atom. The molecule has 0 fully saturated rings. The van der Waals surface area contributed by atoms with Crippen LogP contribution < -0.4 is 14.8 Å². The molecule has 0 atom stereocenters. The summed E-state index contributed by atoms with van der Waals surface area (Å²) in [5, 5.41) is 2.63. The quantitative estimate of drug-likeness (QED) is 0.847. The molecule has 0 bridgehead atoms. The highest BCUT2D eigenvalue weighted by atomic mass is 16.7. The highest BCUT2D eigenvalue weighted by molar-refractivity contribution is 6.22. The first-order chi connectivity index (χ1) is 11.6. The SMILES string of the molecule is O=C(CN1C(=O)c2ccncc2C1=O)Nc1ccc2c(c1)OCO2. The van der Waals surface area contributed by atoms with E-state index in [1.807, 2.05) is 0 Å². The Morgan fingerprint density at radius 1 is 1.12 bits per heavy atom. The lowest BCUT2D eigenvalue weighted by molar-refractivity contribution is -0.116. The van der Waals surface area contributed by atoms with Crippen molar-refractivity contribution < 1.29 is 23.9 Å². The molecule has 2 aliphatic rings. The van der Waals surface area contributed by atoms with Crippen LogP contribution in [0.2, 0.25) is 0 Å². The summed E-state index contributed by atoms with van der Waals surface area (Å²) in [6.07, 6.45) is 2.76. The molecule has 8 nitrogen and oxygen atoms in total. The molecule has 3 amide bonds. The lowest BCUT2D eigenvalue weighted by Crippen LogP contribution is -2.37. The van der Waals surface area contributed by atoms with E-state index in [-0.39, 0.29) is 24.5 Å². The first-order valence-corrected chi connectivity index (χ1v) is 7.13. The minimum Gasteiger partial charge on any atom is -0.454 e. The van der Waals surface area contributed by atoms with E-state index in [9.17, 15) is 14.4 Å². The molecule has 0 saturated heterocycles. The Bertz CT molecular complexity index is 845. The van der Waals surface area contributed by atoms with Gasteiger partial charge in [0.1, 0.15) is 6.54 Å². The van der Waals surface area contributed by atoms with Gasteiger partial charge in [-0.05, 0) is 18.2 Å². The van der Waals surface area contributed by atoms with E-state index >= 15 is 0 Å². The molecule has 24 heavy (non-hydrogen) atoms. The smallest absolute Gasteiger partial charge is 0.263 e. The summed E-state index contributed by atoms with van der Waals surface area (Å²) in [4.78, 5) is 41.3. The van der Waals surface area contributed by atoms with E-state index in [4.69, 9.17) is 9.47 Å². The predicted molar refractivity (Wildman–Crippen MR) is 80.8 cm³/mol. The molecule has 1 aromatic carbocycles. The van der Waals surface area contributed by atoms with Crippen LogP contribution in [-0.2, 0) is 4.79 Å². The molecule has 0 unspecified atom stereocenters. The molecule has 0 saturated carbocycles. The largest absolute Gasteiger partial charge is 0.454 e. The predicted octanol–water partition coefficient (Wildman–Crippen LogP) is 1.05. The van der Waals surface area contributed by atoms with Gasteiger partial charge in [0.15, 0.2) is 11.5 Å². The number of nitrogens with zero attached hydrogens (tertiary/aromatic N) is 2. The van der Waals surface area contributed by atoms with Crippen molar-refractivity contribution in [2.24, 2.45) is 0 Å². The number of hydrogen-bond acceptors (Lipinski definition) is 6. The summed E-state index contributed by atoms with van der Waals surface area (Å²) in [7, 11) is 0. The highest BCUT2D eigenvalue weighted by Gasteiger charge is 2.36. The van der Waals surface area contributed by atoms with Gasteiger partial charge in [-0.2, -0.15) is 0 Å². The van der Waals surface area contributed by atoms with Crippen LogP contribution in [0.4, 0.5) is 5.69 Å². The van der Waals surface area contributed by atoms with Crippen molar-refractivity contribution in [1.29, 1.82) is 0 Å². The topological polar surface area (TPSA) is 97.8 Å². The van der Waals surface area contributed by atoms with E-state index in [0.29, 0.717) is 17.2 Å². The van der Waals surface area contributed by atoms with E-state index < -0.39 is 17.7 Å². The monoisotopic (exact) mass is 325 g/mol. The summed E-state index contributed by atoms with van der Waals surface area (Å²) < 4.78 is 10.4. The fourth-order valence-corrected chi connectivity index (χ4v) is 2.60. The van der Waals surface area contributed by atoms with Gasteiger partial charge in [0.25, 0.3) is 11.8 Å². The van der Waals surface area contributed by atoms with Crippen molar-refractivity contribution in [1.82, 2.24) is 9.88 Å². The molecule has 3 heterocycles. The van der Waals surface area contributed by atoms with E-state index in [2.05, 4.69) is 10.3 Å². The van der Waals surface area contributed by atoms with Crippen molar-refractivity contribution in [3.63, 3.8) is 0 Å². The van der Waals surface area contributed by atoms with Crippen molar-refractivity contribution in [3.05, 3.63) is 47.8 Å². The van der Waals surface area contributed by atoms with Gasteiger partial charge in [0, 0.05) is 24.1 Å². The third-order valence-electron chi connectivity index (χ3n) is 3.73. The van der Waals surface area contributed by atoms with Crippen LogP contribution in [0, 0.1) is 0 Å². The fourth-order valence-electron chi connectivity index (χ4n) is 2.60. The zero-order chi connectivity index (χ0) is 16.7. The number of amides is 3. The molecule has 0 aliphatic carbocycles. The van der Waals surface area contributed by atoms with Crippen LogP contribution in [0.3, 0.4) is 0 Å². The third kappa shape index (κ3) is 2.24. The van der Waals surface area contributed by atoms with Crippen LogP contribution in [0.25, 0.3) is 0 Å². The third-order valence-corrected chi connectivity index (χ3v) is 3.73. The van der Waals surface area contributed by atoms with E-state index in [1.54, 1.807) is 18.2 Å². The molecule has 2 aromatic rings. The van der Waals surface area contributed by atoms with Crippen LogP contribution in [0.1, 0.15) is 20.7 Å². The Labute approximate surface area is 136 Å². The minimum absolute atomic E-state index is 0.135. The number of benzene rings is 1. The maximum atomic E-state index is 12.2. The van der Waals surface area contributed by atoms with Crippen LogP contribution in [0.15, 0.2) is 36.7 Å². The molecule has 2 aliphatic heterocycles. The summed E-state index contributed by atoms with van der Waals surface area (Å²) >= 11 is 0. The van der Waals surface area contributed by atoms with Crippen LogP contribution in [0.5, 0.6) is 11.5 Å². The van der Waals surface area contributed by atoms with Crippen molar-refractivity contribution in [2.75, 3.05) is 18.7 Å². The summed E-state index contributed by atoms with van der Waals surface area (Å²) in [5.74, 6) is -0.390. The summed E-state index contributed by atoms with van der Waals surface area (Å²) in [6, 6.07) is 6.40. The second kappa shape index (κ2) is 5.34. The summed E-state index contributed by atoms with van der Waals surface area (Å²) in [5.41, 5.74) is 0.951. The van der Waals surface area contributed by atoms with Gasteiger partial charge in [0.05, 0.1) is 11.1 Å². The maximum Gasteiger partial charge on any atom is 0.263 e. The van der Waals surface area contributed by atoms with Gasteiger partial charge in [-0.3, -0.25) is 24.3 Å². The standard InChI is InChI=1S/C16H11N3O5/c20-14(18-9-1-2-12-13(5-9)24-8-23-12)7-19-15(21)10-3-4-17-6-11(10)16(19)22/h1-6H,7-8H2,(H,18,20). The van der Waals surface area contributed by atoms with Crippen LogP contribution in [-0.4, -0.2) is 40.9 Å². The number of anilines is 1. The second-order valence-corrected chi connectivity index (χ2v) is 5.23. The van der Waals surface area contributed by atoms with Gasteiger partial charge in [-0.1, -0.05) is 0 Å². The number of hydrogen-bond donors (Lipinski definition) is 1. The molecule has 4 rings (SSSR count). The van der Waals surface area contributed by atoms with Crippen LogP contribution >= 0.6 is 0 Å². The van der Waals surface area contributed by atoms with Gasteiger partial charge in [-0.25, -0.2) is 0 Å². The maximum absolute atomic E-state index is 12.2. The number of fused-ring (bicyclic) bond motifs is 2. The number of carbonyl (C=O) groups excluding carboxylic acids is 3. The first kappa shape index (κ1) is 14.2. The second-order valence-electron chi connectivity index (χ2n) is 5.23. The number of pyridine rings is 1. The Balaban J connectivity index is 1.47.